The maximum atomic E-state index is 3.47. The second-order valence-corrected chi connectivity index (χ2v) is 6.69. The van der Waals surface area contributed by atoms with E-state index in [1.165, 1.54) is 23.1 Å². The van der Waals surface area contributed by atoms with Crippen LogP contribution >= 0.6 is 0 Å². The molecule has 1 aromatic carbocycles. The molecule has 0 radical (unpaired) electrons. The number of rotatable bonds is 4. The maximum Gasteiger partial charge on any atom is 0.0320 e. The summed E-state index contributed by atoms with van der Waals surface area (Å²) in [5.41, 5.74) is 4.54. The van der Waals surface area contributed by atoms with Gasteiger partial charge >= 0.3 is 0 Å². The van der Waals surface area contributed by atoms with E-state index in [0.717, 1.165) is 0 Å². The average Bonchev–Trinajstić information content (AvgIpc) is 2.28. The summed E-state index contributed by atoms with van der Waals surface area (Å²) in [4.78, 5) is 0. The number of hydrogen-bond donors (Lipinski definition) is 1. The molecule has 2 unspecified atom stereocenters. The Bertz CT molecular complexity index is 387. The zero-order chi connectivity index (χ0) is 13.9. The van der Waals surface area contributed by atoms with Gasteiger partial charge in [-0.25, -0.2) is 0 Å². The largest absolute Gasteiger partial charge is 0.313 e. The van der Waals surface area contributed by atoms with Crippen molar-refractivity contribution in [1.82, 2.24) is 5.32 Å². The summed E-state index contributed by atoms with van der Waals surface area (Å²) in [5.74, 6) is 0.691. The Hall–Kier alpha value is -0.820. The Morgan fingerprint density at radius 1 is 1.11 bits per heavy atom. The summed E-state index contributed by atoms with van der Waals surface area (Å²) >= 11 is 0. The van der Waals surface area contributed by atoms with Gasteiger partial charge in [0.2, 0.25) is 0 Å². The molecule has 0 amide bonds. The summed E-state index contributed by atoms with van der Waals surface area (Å²) in [5, 5.41) is 3.47. The van der Waals surface area contributed by atoms with Gasteiger partial charge in [-0.2, -0.15) is 0 Å². The molecule has 0 bridgehead atoms. The van der Waals surface area contributed by atoms with Gasteiger partial charge in [-0.1, -0.05) is 45.9 Å². The molecule has 0 aliphatic heterocycles. The van der Waals surface area contributed by atoms with Gasteiger partial charge in [-0.15, -0.1) is 0 Å². The van der Waals surface area contributed by atoms with E-state index in [1.54, 1.807) is 0 Å². The Morgan fingerprint density at radius 2 is 1.72 bits per heavy atom. The zero-order valence-corrected chi connectivity index (χ0v) is 13.1. The van der Waals surface area contributed by atoms with E-state index in [2.05, 4.69) is 72.1 Å². The molecule has 0 saturated heterocycles. The summed E-state index contributed by atoms with van der Waals surface area (Å²) < 4.78 is 0. The second kappa shape index (κ2) is 5.88. The first kappa shape index (κ1) is 15.2. The smallest absolute Gasteiger partial charge is 0.0320 e. The Labute approximate surface area is 113 Å². The molecule has 0 heterocycles. The lowest BCUT2D eigenvalue weighted by Gasteiger charge is -2.31. The molecule has 0 fully saturated rings. The molecule has 0 aliphatic carbocycles. The van der Waals surface area contributed by atoms with Crippen molar-refractivity contribution in [2.24, 2.45) is 11.3 Å². The van der Waals surface area contributed by atoms with Crippen LogP contribution in [0, 0.1) is 25.2 Å². The van der Waals surface area contributed by atoms with Gasteiger partial charge in [-0.3, -0.25) is 0 Å². The standard InChI is InChI=1S/C17H29N/c1-12-8-9-15(10-13(12)2)16(18-7)11-14(3)17(4,5)6/h8-10,14,16,18H,11H2,1-7H3. The van der Waals surface area contributed by atoms with Crippen LogP contribution in [-0.2, 0) is 0 Å². The number of nitrogens with one attached hydrogen (secondary N) is 1. The van der Waals surface area contributed by atoms with Crippen LogP contribution < -0.4 is 5.32 Å². The first-order valence-electron chi connectivity index (χ1n) is 7.00. The van der Waals surface area contributed by atoms with Crippen molar-refractivity contribution in [1.29, 1.82) is 0 Å². The maximum absolute atomic E-state index is 3.47. The predicted molar refractivity (Wildman–Crippen MR) is 81.0 cm³/mol. The fraction of sp³-hybridized carbons (Fsp3) is 0.647. The summed E-state index contributed by atoms with van der Waals surface area (Å²) in [6.45, 7) is 13.7. The minimum Gasteiger partial charge on any atom is -0.313 e. The minimum absolute atomic E-state index is 0.370. The van der Waals surface area contributed by atoms with E-state index in [4.69, 9.17) is 0 Å². The van der Waals surface area contributed by atoms with Crippen LogP contribution in [0.2, 0.25) is 0 Å². The summed E-state index contributed by atoms with van der Waals surface area (Å²) in [6.07, 6.45) is 1.18. The average molecular weight is 247 g/mol. The first-order valence-corrected chi connectivity index (χ1v) is 7.00. The van der Waals surface area contributed by atoms with Gasteiger partial charge in [0.25, 0.3) is 0 Å². The highest BCUT2D eigenvalue weighted by Gasteiger charge is 2.23. The molecular weight excluding hydrogens is 218 g/mol. The van der Waals surface area contributed by atoms with Crippen molar-refractivity contribution in [3.05, 3.63) is 34.9 Å². The van der Waals surface area contributed by atoms with Crippen LogP contribution in [0.5, 0.6) is 0 Å². The summed E-state index contributed by atoms with van der Waals surface area (Å²) in [7, 11) is 2.06. The fourth-order valence-corrected chi connectivity index (χ4v) is 2.11. The SMILES string of the molecule is CNC(CC(C)C(C)(C)C)c1ccc(C)c(C)c1. The lowest BCUT2D eigenvalue weighted by Crippen LogP contribution is -2.25. The number of benzene rings is 1. The Balaban J connectivity index is 2.86. The molecule has 1 N–H and O–H groups in total. The fourth-order valence-electron chi connectivity index (χ4n) is 2.11. The number of aryl methyl sites for hydroxylation is 2. The van der Waals surface area contributed by atoms with E-state index in [-0.39, 0.29) is 0 Å². The molecule has 0 saturated carbocycles. The third kappa shape index (κ3) is 3.84. The van der Waals surface area contributed by atoms with Crippen LogP contribution in [0.1, 0.15) is 56.8 Å². The van der Waals surface area contributed by atoms with Gasteiger partial charge in [0.05, 0.1) is 0 Å². The van der Waals surface area contributed by atoms with Crippen molar-refractivity contribution in [3.8, 4) is 0 Å². The van der Waals surface area contributed by atoms with E-state index in [9.17, 15) is 0 Å². The molecule has 0 aliphatic rings. The number of hydrogen-bond acceptors (Lipinski definition) is 1. The van der Waals surface area contributed by atoms with Crippen molar-refractivity contribution in [2.75, 3.05) is 7.05 Å². The van der Waals surface area contributed by atoms with Crippen molar-refractivity contribution < 1.29 is 0 Å². The summed E-state index contributed by atoms with van der Waals surface area (Å²) in [6, 6.07) is 7.28. The van der Waals surface area contributed by atoms with E-state index in [0.29, 0.717) is 17.4 Å². The van der Waals surface area contributed by atoms with Gasteiger partial charge in [0.15, 0.2) is 0 Å². The highest BCUT2D eigenvalue weighted by molar-refractivity contribution is 5.31. The lowest BCUT2D eigenvalue weighted by molar-refractivity contribution is 0.226. The second-order valence-electron chi connectivity index (χ2n) is 6.69. The van der Waals surface area contributed by atoms with Crippen LogP contribution in [0.4, 0.5) is 0 Å². The monoisotopic (exact) mass is 247 g/mol. The lowest BCUT2D eigenvalue weighted by atomic mass is 9.77. The van der Waals surface area contributed by atoms with Crippen LogP contribution in [-0.4, -0.2) is 7.05 Å². The first-order chi connectivity index (χ1) is 8.25. The van der Waals surface area contributed by atoms with Gasteiger partial charge in [0, 0.05) is 6.04 Å². The molecule has 1 nitrogen and oxygen atoms in total. The third-order valence-corrected chi connectivity index (χ3v) is 4.35. The molecular formula is C17H29N. The quantitative estimate of drug-likeness (QED) is 0.817. The van der Waals surface area contributed by atoms with E-state index < -0.39 is 0 Å². The molecule has 2 atom stereocenters. The van der Waals surface area contributed by atoms with Gasteiger partial charge in [0.1, 0.15) is 0 Å². The minimum atomic E-state index is 0.370. The molecule has 18 heavy (non-hydrogen) atoms. The normalized spacial score (nSPS) is 15.5. The van der Waals surface area contributed by atoms with E-state index in [1.807, 2.05) is 0 Å². The van der Waals surface area contributed by atoms with Gasteiger partial charge < -0.3 is 5.32 Å². The Morgan fingerprint density at radius 3 is 2.17 bits per heavy atom. The third-order valence-electron chi connectivity index (χ3n) is 4.35. The van der Waals surface area contributed by atoms with Crippen molar-refractivity contribution in [3.63, 3.8) is 0 Å². The molecule has 1 aromatic rings. The van der Waals surface area contributed by atoms with Crippen molar-refractivity contribution in [2.45, 2.75) is 54.0 Å². The molecule has 0 aromatic heterocycles. The van der Waals surface area contributed by atoms with Crippen LogP contribution in [0.15, 0.2) is 18.2 Å². The molecule has 1 heteroatoms. The van der Waals surface area contributed by atoms with Crippen LogP contribution in [0.3, 0.4) is 0 Å². The van der Waals surface area contributed by atoms with Gasteiger partial charge in [-0.05, 0) is 55.3 Å². The molecule has 1 rings (SSSR count). The topological polar surface area (TPSA) is 12.0 Å². The predicted octanol–water partition coefficient (Wildman–Crippen LogP) is 4.64. The highest BCUT2D eigenvalue weighted by atomic mass is 14.9. The highest BCUT2D eigenvalue weighted by Crippen LogP contribution is 2.33. The molecule has 0 spiro atoms. The Kier molecular flexibility index (Phi) is 4.98. The van der Waals surface area contributed by atoms with E-state index >= 15 is 0 Å². The zero-order valence-electron chi connectivity index (χ0n) is 13.1. The van der Waals surface area contributed by atoms with Crippen LogP contribution in [0.25, 0.3) is 0 Å². The van der Waals surface area contributed by atoms with Crippen molar-refractivity contribution >= 4 is 0 Å². The molecule has 102 valence electrons.